The first-order valence-electron chi connectivity index (χ1n) is 5.70. The summed E-state index contributed by atoms with van der Waals surface area (Å²) in [7, 11) is -4.11. The van der Waals surface area contributed by atoms with Crippen LogP contribution in [0.4, 0.5) is 0 Å². The van der Waals surface area contributed by atoms with Gasteiger partial charge < -0.3 is 9.92 Å². The number of carbonyl (C=O) groups excluding carboxylic acids is 1. The zero-order valence-electron chi connectivity index (χ0n) is 10.1. The Hall–Kier alpha value is -1.92. The highest BCUT2D eigenvalue weighted by Crippen LogP contribution is 2.24. The van der Waals surface area contributed by atoms with E-state index >= 15 is 0 Å². The lowest BCUT2D eigenvalue weighted by atomic mass is 10.1. The van der Waals surface area contributed by atoms with Gasteiger partial charge in [0.2, 0.25) is 0 Å². The van der Waals surface area contributed by atoms with Gasteiger partial charge in [-0.15, -0.1) is 0 Å². The molecule has 0 saturated heterocycles. The van der Waals surface area contributed by atoms with E-state index in [1.54, 1.807) is 36.4 Å². The normalized spacial score (nSPS) is 11.4. The Kier molecular flexibility index (Phi) is 3.82. The monoisotopic (exact) mass is 279 g/mol. The van der Waals surface area contributed by atoms with Crippen molar-refractivity contribution in [3.05, 3.63) is 42.5 Å². The van der Waals surface area contributed by atoms with Crippen molar-refractivity contribution in [2.45, 2.75) is 11.3 Å². The fraction of sp³-hybridized carbons (Fsp3) is 0.154. The predicted molar refractivity (Wildman–Crippen MR) is 70.9 cm³/mol. The minimum Gasteiger partial charge on any atom is -0.342 e. The lowest BCUT2D eigenvalue weighted by Gasteiger charge is -2.08. The molecular formula is C13H13NO4S. The average Bonchev–Trinajstić information content (AvgIpc) is 2.37. The van der Waals surface area contributed by atoms with Gasteiger partial charge in [-0.05, 0) is 11.5 Å². The molecule has 2 rings (SSSR count). The molecule has 2 aromatic rings. The molecule has 0 unspecified atom stereocenters. The molecule has 0 radical (unpaired) electrons. The van der Waals surface area contributed by atoms with Gasteiger partial charge in [-0.25, -0.2) is 0 Å². The number of carbonyl (C=O) groups is 1. The van der Waals surface area contributed by atoms with Crippen LogP contribution in [0, 0.1) is 0 Å². The van der Waals surface area contributed by atoms with E-state index in [0.29, 0.717) is 5.39 Å². The van der Waals surface area contributed by atoms with Gasteiger partial charge in [0, 0.05) is 11.9 Å². The summed E-state index contributed by atoms with van der Waals surface area (Å²) in [6.07, 6.45) is -0.135. The molecule has 100 valence electrons. The van der Waals surface area contributed by atoms with Crippen LogP contribution in [-0.2, 0) is 19.1 Å². The standard InChI is InChI=1S/C13H13NO4S/c14-9-8-13(15)18-19(16,17)12-7-3-5-10-4-1-2-6-11(10)12/h1-7H,8-9,14H2. The number of hydrogen-bond donors (Lipinski definition) is 1. The van der Waals surface area contributed by atoms with Crippen molar-refractivity contribution >= 4 is 26.9 Å². The maximum atomic E-state index is 12.0. The number of rotatable bonds is 4. The smallest absolute Gasteiger partial charge is 0.342 e. The van der Waals surface area contributed by atoms with Crippen molar-refractivity contribution < 1.29 is 17.4 Å². The van der Waals surface area contributed by atoms with Gasteiger partial charge in [0.05, 0.1) is 6.42 Å². The minimum atomic E-state index is -4.11. The maximum absolute atomic E-state index is 12.0. The first kappa shape index (κ1) is 13.5. The van der Waals surface area contributed by atoms with E-state index in [-0.39, 0.29) is 17.9 Å². The highest BCUT2D eigenvalue weighted by atomic mass is 32.2. The van der Waals surface area contributed by atoms with E-state index in [4.69, 9.17) is 5.73 Å². The van der Waals surface area contributed by atoms with Gasteiger partial charge in [-0.2, -0.15) is 8.42 Å². The summed E-state index contributed by atoms with van der Waals surface area (Å²) in [6, 6.07) is 11.8. The van der Waals surface area contributed by atoms with Gasteiger partial charge in [0.25, 0.3) is 0 Å². The Bertz CT molecular complexity index is 704. The topological polar surface area (TPSA) is 86.5 Å². The van der Waals surface area contributed by atoms with Crippen LogP contribution in [0.3, 0.4) is 0 Å². The minimum absolute atomic E-state index is 0.0176. The molecule has 19 heavy (non-hydrogen) atoms. The SMILES string of the molecule is NCCC(=O)OS(=O)(=O)c1cccc2ccccc12. The second kappa shape index (κ2) is 5.38. The first-order valence-corrected chi connectivity index (χ1v) is 7.10. The quantitative estimate of drug-likeness (QED) is 0.855. The van der Waals surface area contributed by atoms with E-state index in [0.717, 1.165) is 5.39 Å². The molecule has 6 heteroatoms. The molecule has 2 N–H and O–H groups in total. The summed E-state index contributed by atoms with van der Waals surface area (Å²) in [5.41, 5.74) is 5.18. The van der Waals surface area contributed by atoms with Crippen molar-refractivity contribution in [2.75, 3.05) is 6.54 Å². The zero-order valence-corrected chi connectivity index (χ0v) is 10.9. The zero-order chi connectivity index (χ0) is 13.9. The van der Waals surface area contributed by atoms with E-state index in [9.17, 15) is 13.2 Å². The largest absolute Gasteiger partial charge is 0.342 e. The second-order valence-electron chi connectivity index (χ2n) is 3.93. The molecule has 0 aliphatic heterocycles. The Balaban J connectivity index is 2.46. The third-order valence-corrected chi connectivity index (χ3v) is 3.87. The Morgan fingerprint density at radius 3 is 2.53 bits per heavy atom. The second-order valence-corrected chi connectivity index (χ2v) is 5.44. The van der Waals surface area contributed by atoms with Gasteiger partial charge in [0.1, 0.15) is 4.90 Å². The Morgan fingerprint density at radius 1 is 1.11 bits per heavy atom. The third kappa shape index (κ3) is 2.91. The van der Waals surface area contributed by atoms with E-state index in [1.807, 2.05) is 0 Å². The first-order chi connectivity index (χ1) is 9.04. The summed E-state index contributed by atoms with van der Waals surface area (Å²) in [6.45, 7) is 0.0455. The fourth-order valence-electron chi connectivity index (χ4n) is 1.74. The van der Waals surface area contributed by atoms with Crippen molar-refractivity contribution in [2.24, 2.45) is 5.73 Å². The lowest BCUT2D eigenvalue weighted by Crippen LogP contribution is -2.16. The van der Waals surface area contributed by atoms with Crippen LogP contribution in [-0.4, -0.2) is 20.9 Å². The number of fused-ring (bicyclic) bond motifs is 1. The summed E-state index contributed by atoms with van der Waals surface area (Å²) < 4.78 is 28.6. The van der Waals surface area contributed by atoms with Crippen LogP contribution in [0.5, 0.6) is 0 Å². The molecule has 2 aromatic carbocycles. The maximum Gasteiger partial charge on any atom is 0.342 e. The Labute approximate surface area is 111 Å². The van der Waals surface area contributed by atoms with Crippen LogP contribution < -0.4 is 5.73 Å². The summed E-state index contributed by atoms with van der Waals surface area (Å²) in [5.74, 6) is -0.851. The molecule has 5 nitrogen and oxygen atoms in total. The molecule has 0 saturated carbocycles. The van der Waals surface area contributed by atoms with Crippen LogP contribution >= 0.6 is 0 Å². The predicted octanol–water partition coefficient (Wildman–Crippen LogP) is 1.42. The molecule has 0 amide bonds. The van der Waals surface area contributed by atoms with Crippen molar-refractivity contribution in [3.8, 4) is 0 Å². The van der Waals surface area contributed by atoms with E-state index in [1.165, 1.54) is 6.07 Å². The number of hydrogen-bond acceptors (Lipinski definition) is 5. The molecule has 0 aliphatic rings. The van der Waals surface area contributed by atoms with Gasteiger partial charge in [-0.1, -0.05) is 36.4 Å². The van der Waals surface area contributed by atoms with Crippen molar-refractivity contribution in [1.29, 1.82) is 0 Å². The van der Waals surface area contributed by atoms with Crippen molar-refractivity contribution in [1.82, 2.24) is 0 Å². The van der Waals surface area contributed by atoms with Gasteiger partial charge in [0.15, 0.2) is 0 Å². The number of benzene rings is 2. The molecule has 0 bridgehead atoms. The Morgan fingerprint density at radius 2 is 1.79 bits per heavy atom. The van der Waals surface area contributed by atoms with Crippen LogP contribution in [0.2, 0.25) is 0 Å². The molecule has 0 aliphatic carbocycles. The molecular weight excluding hydrogens is 266 g/mol. The number of nitrogens with two attached hydrogens (primary N) is 1. The summed E-state index contributed by atoms with van der Waals surface area (Å²) in [4.78, 5) is 11.3. The third-order valence-electron chi connectivity index (χ3n) is 2.57. The van der Waals surface area contributed by atoms with Gasteiger partial charge >= 0.3 is 16.1 Å². The van der Waals surface area contributed by atoms with E-state index in [2.05, 4.69) is 4.18 Å². The highest BCUT2D eigenvalue weighted by molar-refractivity contribution is 7.87. The van der Waals surface area contributed by atoms with Crippen LogP contribution in [0.25, 0.3) is 10.8 Å². The van der Waals surface area contributed by atoms with E-state index < -0.39 is 16.1 Å². The molecule has 0 fully saturated rings. The average molecular weight is 279 g/mol. The molecule has 0 heterocycles. The highest BCUT2D eigenvalue weighted by Gasteiger charge is 2.21. The fourth-order valence-corrected chi connectivity index (χ4v) is 2.86. The molecule has 0 aromatic heterocycles. The van der Waals surface area contributed by atoms with Gasteiger partial charge in [-0.3, -0.25) is 4.79 Å². The molecule has 0 atom stereocenters. The van der Waals surface area contributed by atoms with Crippen molar-refractivity contribution in [3.63, 3.8) is 0 Å². The van der Waals surface area contributed by atoms with Crippen LogP contribution in [0.15, 0.2) is 47.4 Å². The summed E-state index contributed by atoms with van der Waals surface area (Å²) in [5, 5.41) is 1.28. The lowest BCUT2D eigenvalue weighted by molar-refractivity contribution is -0.133. The molecule has 0 spiro atoms. The van der Waals surface area contributed by atoms with Crippen LogP contribution in [0.1, 0.15) is 6.42 Å². The summed E-state index contributed by atoms with van der Waals surface area (Å²) >= 11 is 0.